The third-order valence-electron chi connectivity index (χ3n) is 3.59. The summed E-state index contributed by atoms with van der Waals surface area (Å²) in [5.74, 6) is -0.201. The van der Waals surface area contributed by atoms with Gasteiger partial charge >= 0.3 is 5.97 Å². The molecule has 0 saturated heterocycles. The number of anilines is 1. The average molecular weight is 418 g/mol. The number of fused-ring (bicyclic) bond motifs is 1. The number of hydrogen-bond donors (Lipinski definition) is 1. The van der Waals surface area contributed by atoms with Crippen molar-refractivity contribution in [2.45, 2.75) is 6.92 Å². The molecule has 0 aromatic heterocycles. The summed E-state index contributed by atoms with van der Waals surface area (Å²) in [6, 6.07) is 12.3. The molecule has 1 aliphatic rings. The largest absolute Gasteiger partial charge is 0.462 e. The number of Topliss-reactive ketones (excluding diaryl/α,β-unsaturated/α-hetero) is 1. The van der Waals surface area contributed by atoms with Gasteiger partial charge in [-0.15, -0.1) is 0 Å². The van der Waals surface area contributed by atoms with E-state index < -0.39 is 11.8 Å². The standard InChI is InChI=1S/C19H16BrNO5/c1-2-24-19(23)14(10-21-13-6-4-3-5-7-13)17(22)12-8-15(20)18-16(9-12)25-11-26-18/h3-10,21H,2,11H2,1H3/b14-10+. The van der Waals surface area contributed by atoms with Gasteiger partial charge in [-0.05, 0) is 47.1 Å². The fraction of sp³-hybridized carbons (Fsp3) is 0.158. The van der Waals surface area contributed by atoms with E-state index in [1.165, 1.54) is 6.20 Å². The van der Waals surface area contributed by atoms with Gasteiger partial charge in [0.2, 0.25) is 12.6 Å². The number of ketones is 1. The van der Waals surface area contributed by atoms with E-state index in [-0.39, 0.29) is 24.5 Å². The second-order valence-electron chi connectivity index (χ2n) is 5.31. The van der Waals surface area contributed by atoms with Crippen LogP contribution >= 0.6 is 15.9 Å². The summed E-state index contributed by atoms with van der Waals surface area (Å²) < 4.78 is 16.2. The Labute approximate surface area is 158 Å². The van der Waals surface area contributed by atoms with Gasteiger partial charge in [-0.2, -0.15) is 0 Å². The van der Waals surface area contributed by atoms with Gasteiger partial charge in [0.1, 0.15) is 5.57 Å². The Morgan fingerprint density at radius 2 is 2.00 bits per heavy atom. The lowest BCUT2D eigenvalue weighted by molar-refractivity contribution is -0.138. The molecule has 1 N–H and O–H groups in total. The number of nitrogens with one attached hydrogen (secondary N) is 1. The van der Waals surface area contributed by atoms with Crippen molar-refractivity contribution in [2.75, 3.05) is 18.7 Å². The van der Waals surface area contributed by atoms with Crippen LogP contribution in [0.25, 0.3) is 0 Å². The normalized spacial score (nSPS) is 12.6. The zero-order chi connectivity index (χ0) is 18.5. The highest BCUT2D eigenvalue weighted by atomic mass is 79.9. The van der Waals surface area contributed by atoms with Crippen molar-refractivity contribution in [1.82, 2.24) is 0 Å². The summed E-state index contributed by atoms with van der Waals surface area (Å²) >= 11 is 3.35. The van der Waals surface area contributed by atoms with Crippen molar-refractivity contribution in [3.05, 3.63) is 64.3 Å². The van der Waals surface area contributed by atoms with Gasteiger partial charge in [-0.3, -0.25) is 4.79 Å². The first-order valence-electron chi connectivity index (χ1n) is 7.93. The van der Waals surface area contributed by atoms with Crippen LogP contribution < -0.4 is 14.8 Å². The van der Waals surface area contributed by atoms with Crippen LogP contribution in [-0.4, -0.2) is 25.2 Å². The Balaban J connectivity index is 1.92. The predicted octanol–water partition coefficient (Wildman–Crippen LogP) is 3.92. The maximum absolute atomic E-state index is 12.9. The highest BCUT2D eigenvalue weighted by molar-refractivity contribution is 9.10. The quantitative estimate of drug-likeness (QED) is 0.252. The number of hydrogen-bond acceptors (Lipinski definition) is 6. The van der Waals surface area contributed by atoms with E-state index in [0.29, 0.717) is 16.0 Å². The van der Waals surface area contributed by atoms with Gasteiger partial charge in [-0.25, -0.2) is 4.79 Å². The Bertz CT molecular complexity index is 864. The fourth-order valence-electron chi connectivity index (χ4n) is 2.37. The van der Waals surface area contributed by atoms with Crippen molar-refractivity contribution in [3.63, 3.8) is 0 Å². The molecule has 0 aliphatic carbocycles. The molecule has 2 aromatic carbocycles. The molecule has 0 fully saturated rings. The summed E-state index contributed by atoms with van der Waals surface area (Å²) in [5.41, 5.74) is 0.922. The van der Waals surface area contributed by atoms with Crippen LogP contribution in [0.1, 0.15) is 17.3 Å². The molecule has 1 aliphatic heterocycles. The van der Waals surface area contributed by atoms with E-state index in [4.69, 9.17) is 14.2 Å². The summed E-state index contributed by atoms with van der Waals surface area (Å²) in [7, 11) is 0. The van der Waals surface area contributed by atoms with Crippen LogP contribution in [0, 0.1) is 0 Å². The molecule has 0 amide bonds. The molecule has 26 heavy (non-hydrogen) atoms. The van der Waals surface area contributed by atoms with Gasteiger partial charge < -0.3 is 19.5 Å². The molecule has 2 aromatic rings. The summed E-state index contributed by atoms with van der Waals surface area (Å²) in [6.45, 7) is 1.93. The zero-order valence-electron chi connectivity index (χ0n) is 14.0. The van der Waals surface area contributed by atoms with Crippen LogP contribution in [0.15, 0.2) is 58.7 Å². The monoisotopic (exact) mass is 417 g/mol. The molecule has 0 saturated carbocycles. The molecule has 0 spiro atoms. The first kappa shape index (κ1) is 18.0. The average Bonchev–Trinajstić information content (AvgIpc) is 3.12. The highest BCUT2D eigenvalue weighted by Gasteiger charge is 2.25. The molecule has 0 bridgehead atoms. The minimum Gasteiger partial charge on any atom is -0.462 e. The second kappa shape index (κ2) is 8.05. The lowest BCUT2D eigenvalue weighted by Crippen LogP contribution is -2.17. The van der Waals surface area contributed by atoms with E-state index in [1.807, 2.05) is 30.3 Å². The van der Waals surface area contributed by atoms with Crippen molar-refractivity contribution in [1.29, 1.82) is 0 Å². The summed E-state index contributed by atoms with van der Waals surface area (Å²) in [5, 5.41) is 2.95. The predicted molar refractivity (Wildman–Crippen MR) is 99.4 cm³/mol. The smallest absolute Gasteiger partial charge is 0.343 e. The fourth-order valence-corrected chi connectivity index (χ4v) is 2.93. The van der Waals surface area contributed by atoms with Crippen molar-refractivity contribution < 1.29 is 23.8 Å². The van der Waals surface area contributed by atoms with Crippen LogP contribution in [-0.2, 0) is 9.53 Å². The third-order valence-corrected chi connectivity index (χ3v) is 4.18. The molecule has 0 atom stereocenters. The van der Waals surface area contributed by atoms with Gasteiger partial charge in [0.25, 0.3) is 0 Å². The molecular formula is C19H16BrNO5. The molecule has 6 nitrogen and oxygen atoms in total. The van der Waals surface area contributed by atoms with Crippen LogP contribution in [0.4, 0.5) is 5.69 Å². The number of carbonyl (C=O) groups excluding carboxylic acids is 2. The minimum absolute atomic E-state index is 0.0850. The molecular weight excluding hydrogens is 402 g/mol. The van der Waals surface area contributed by atoms with E-state index in [1.54, 1.807) is 19.1 Å². The Hall–Kier alpha value is -2.80. The molecule has 0 radical (unpaired) electrons. The number of para-hydroxylation sites is 1. The van der Waals surface area contributed by atoms with Gasteiger partial charge in [0, 0.05) is 17.5 Å². The number of benzene rings is 2. The molecule has 3 rings (SSSR count). The maximum Gasteiger partial charge on any atom is 0.343 e. The van der Waals surface area contributed by atoms with E-state index in [0.717, 1.165) is 5.69 Å². The number of rotatable bonds is 6. The SMILES string of the molecule is CCOC(=O)/C(=C/Nc1ccccc1)C(=O)c1cc(Br)c2c(c1)OCO2. The van der Waals surface area contributed by atoms with Gasteiger partial charge in [0.15, 0.2) is 11.5 Å². The topological polar surface area (TPSA) is 73.9 Å². The van der Waals surface area contributed by atoms with E-state index in [2.05, 4.69) is 21.2 Å². The Morgan fingerprint density at radius 3 is 2.73 bits per heavy atom. The lowest BCUT2D eigenvalue weighted by Gasteiger charge is -2.09. The van der Waals surface area contributed by atoms with E-state index >= 15 is 0 Å². The zero-order valence-corrected chi connectivity index (χ0v) is 15.5. The molecule has 0 unspecified atom stereocenters. The highest BCUT2D eigenvalue weighted by Crippen LogP contribution is 2.40. The number of carbonyl (C=O) groups is 2. The number of esters is 1. The van der Waals surface area contributed by atoms with Crippen molar-refractivity contribution in [2.24, 2.45) is 0 Å². The van der Waals surface area contributed by atoms with Gasteiger partial charge in [0.05, 0.1) is 11.1 Å². The molecule has 7 heteroatoms. The van der Waals surface area contributed by atoms with Gasteiger partial charge in [-0.1, -0.05) is 18.2 Å². The van der Waals surface area contributed by atoms with Crippen LogP contribution in [0.2, 0.25) is 0 Å². The lowest BCUT2D eigenvalue weighted by atomic mass is 10.0. The van der Waals surface area contributed by atoms with Crippen LogP contribution in [0.3, 0.4) is 0 Å². The Kier molecular flexibility index (Phi) is 5.58. The first-order chi connectivity index (χ1) is 12.6. The van der Waals surface area contributed by atoms with Crippen molar-refractivity contribution >= 4 is 33.4 Å². The van der Waals surface area contributed by atoms with Crippen LogP contribution in [0.5, 0.6) is 11.5 Å². The second-order valence-corrected chi connectivity index (χ2v) is 6.16. The Morgan fingerprint density at radius 1 is 1.23 bits per heavy atom. The maximum atomic E-state index is 12.9. The number of ether oxygens (including phenoxy) is 3. The summed E-state index contributed by atoms with van der Waals surface area (Å²) in [4.78, 5) is 25.2. The number of halogens is 1. The third kappa shape index (κ3) is 3.88. The molecule has 1 heterocycles. The van der Waals surface area contributed by atoms with E-state index in [9.17, 15) is 9.59 Å². The minimum atomic E-state index is -0.699. The summed E-state index contributed by atoms with van der Waals surface area (Å²) in [6.07, 6.45) is 1.36. The first-order valence-corrected chi connectivity index (χ1v) is 8.72. The van der Waals surface area contributed by atoms with Crippen molar-refractivity contribution in [3.8, 4) is 11.5 Å². The molecule has 134 valence electrons.